The summed E-state index contributed by atoms with van der Waals surface area (Å²) in [5.74, 6) is 0.829. The van der Waals surface area contributed by atoms with E-state index in [9.17, 15) is 9.18 Å². The van der Waals surface area contributed by atoms with Gasteiger partial charge in [0.05, 0.1) is 12.0 Å². The van der Waals surface area contributed by atoms with Gasteiger partial charge in [-0.25, -0.2) is 4.39 Å². The molecule has 0 unspecified atom stereocenters. The summed E-state index contributed by atoms with van der Waals surface area (Å²) in [5.41, 5.74) is 2.31. The third kappa shape index (κ3) is 4.08. The number of rotatable bonds is 4. The van der Waals surface area contributed by atoms with Crippen molar-refractivity contribution in [3.8, 4) is 5.75 Å². The molecule has 1 aromatic carbocycles. The lowest BCUT2D eigenvalue weighted by molar-refractivity contribution is 0.0633. The number of hydrogen-bond acceptors (Lipinski definition) is 4. The highest BCUT2D eigenvalue weighted by Gasteiger charge is 2.26. The van der Waals surface area contributed by atoms with E-state index < -0.39 is 0 Å². The molecule has 0 N–H and O–H groups in total. The number of carbonyl (C=O) groups is 1. The van der Waals surface area contributed by atoms with E-state index >= 15 is 0 Å². The molecule has 6 heteroatoms. The fourth-order valence-electron chi connectivity index (χ4n) is 4.14. The number of aryl methyl sites for hydroxylation is 1. The second-order valence-electron chi connectivity index (χ2n) is 7.94. The van der Waals surface area contributed by atoms with Crippen LogP contribution in [0.2, 0.25) is 0 Å². The third-order valence-corrected chi connectivity index (χ3v) is 7.05. The Hall–Kier alpha value is -1.92. The smallest absolute Gasteiger partial charge is 0.264 e. The van der Waals surface area contributed by atoms with Gasteiger partial charge in [0.15, 0.2) is 11.6 Å². The van der Waals surface area contributed by atoms with Crippen LogP contribution in [0.4, 0.5) is 4.39 Å². The highest BCUT2D eigenvalue weighted by molar-refractivity contribution is 7.14. The molecule has 0 bridgehead atoms. The first-order valence-electron chi connectivity index (χ1n) is 9.99. The van der Waals surface area contributed by atoms with E-state index in [4.69, 9.17) is 4.74 Å². The highest BCUT2D eigenvalue weighted by Crippen LogP contribution is 2.33. The molecule has 0 saturated carbocycles. The summed E-state index contributed by atoms with van der Waals surface area (Å²) in [6, 6.07) is 7.23. The predicted octanol–water partition coefficient (Wildman–Crippen LogP) is 3.98. The Morgan fingerprint density at radius 2 is 2.04 bits per heavy atom. The molecule has 4 nitrogen and oxygen atoms in total. The summed E-state index contributed by atoms with van der Waals surface area (Å²) < 4.78 is 18.9. The molecule has 2 heterocycles. The standard InChI is InChI=1S/C22H27FN2O2S/c1-15-3-6-20-17(11-15)13-21(28-20)22(26)25-9-7-24(8-10-25)14-16-4-5-19(27-2)18(23)12-16/h4-5,12-13,15H,3,6-11,14H2,1-2H3/t15-/m0/s1. The monoisotopic (exact) mass is 402 g/mol. The van der Waals surface area contributed by atoms with Gasteiger partial charge in [0.25, 0.3) is 5.91 Å². The van der Waals surface area contributed by atoms with Crippen LogP contribution < -0.4 is 4.74 Å². The number of nitrogens with zero attached hydrogens (tertiary/aromatic N) is 2. The van der Waals surface area contributed by atoms with Crippen LogP contribution in [0.3, 0.4) is 0 Å². The van der Waals surface area contributed by atoms with Gasteiger partial charge >= 0.3 is 0 Å². The molecule has 1 fully saturated rings. The number of thiophene rings is 1. The molecule has 1 aromatic heterocycles. The summed E-state index contributed by atoms with van der Waals surface area (Å²) in [5, 5.41) is 0. The van der Waals surface area contributed by atoms with Crippen LogP contribution in [-0.4, -0.2) is 49.0 Å². The maximum Gasteiger partial charge on any atom is 0.264 e. The molecule has 4 rings (SSSR count). The zero-order valence-corrected chi connectivity index (χ0v) is 17.4. The van der Waals surface area contributed by atoms with Crippen molar-refractivity contribution in [3.05, 3.63) is 51.0 Å². The maximum atomic E-state index is 13.9. The van der Waals surface area contributed by atoms with Gasteiger partial charge in [-0.15, -0.1) is 11.3 Å². The van der Waals surface area contributed by atoms with E-state index in [1.165, 1.54) is 30.0 Å². The van der Waals surface area contributed by atoms with Gasteiger partial charge in [-0.3, -0.25) is 9.69 Å². The second-order valence-corrected chi connectivity index (χ2v) is 9.08. The third-order valence-electron chi connectivity index (χ3n) is 5.82. The first-order valence-corrected chi connectivity index (χ1v) is 10.8. The van der Waals surface area contributed by atoms with Crippen molar-refractivity contribution in [3.63, 3.8) is 0 Å². The van der Waals surface area contributed by atoms with Crippen LogP contribution in [0.25, 0.3) is 0 Å². The first-order chi connectivity index (χ1) is 13.5. The zero-order valence-electron chi connectivity index (χ0n) is 16.5. The molecule has 2 aromatic rings. The van der Waals surface area contributed by atoms with Gasteiger partial charge in [0.1, 0.15) is 0 Å². The maximum absolute atomic E-state index is 13.9. The Morgan fingerprint density at radius 1 is 1.25 bits per heavy atom. The fourth-order valence-corrected chi connectivity index (χ4v) is 5.32. The van der Waals surface area contributed by atoms with Crippen molar-refractivity contribution >= 4 is 17.2 Å². The Bertz CT molecular complexity index is 858. The lowest BCUT2D eigenvalue weighted by Crippen LogP contribution is -2.48. The number of hydrogen-bond donors (Lipinski definition) is 0. The van der Waals surface area contributed by atoms with Gasteiger partial charge in [0, 0.05) is 37.6 Å². The topological polar surface area (TPSA) is 32.8 Å². The van der Waals surface area contributed by atoms with E-state index in [2.05, 4.69) is 17.9 Å². The molecule has 2 aliphatic rings. The quantitative estimate of drug-likeness (QED) is 0.776. The number of methoxy groups -OCH3 is 1. The van der Waals surface area contributed by atoms with Crippen LogP contribution in [-0.2, 0) is 19.4 Å². The molecular formula is C22H27FN2O2S. The van der Waals surface area contributed by atoms with Crippen molar-refractivity contribution < 1.29 is 13.9 Å². The second kappa shape index (κ2) is 8.21. The Labute approximate surface area is 169 Å². The van der Waals surface area contributed by atoms with Gasteiger partial charge < -0.3 is 9.64 Å². The molecule has 150 valence electrons. The molecule has 0 radical (unpaired) electrons. The molecule has 28 heavy (non-hydrogen) atoms. The van der Waals surface area contributed by atoms with E-state index in [0.29, 0.717) is 6.54 Å². The van der Waals surface area contributed by atoms with E-state index in [0.717, 1.165) is 55.4 Å². The Kier molecular flexibility index (Phi) is 5.69. The minimum atomic E-state index is -0.329. The van der Waals surface area contributed by atoms with E-state index in [1.807, 2.05) is 11.0 Å². The predicted molar refractivity (Wildman–Crippen MR) is 110 cm³/mol. The first kappa shape index (κ1) is 19.4. The van der Waals surface area contributed by atoms with Crippen LogP contribution in [0.5, 0.6) is 5.75 Å². The minimum absolute atomic E-state index is 0.169. The summed E-state index contributed by atoms with van der Waals surface area (Å²) >= 11 is 1.69. The van der Waals surface area contributed by atoms with Crippen LogP contribution in [0.15, 0.2) is 24.3 Å². The van der Waals surface area contributed by atoms with Crippen molar-refractivity contribution in [1.29, 1.82) is 0 Å². The molecule has 1 amide bonds. The van der Waals surface area contributed by atoms with Crippen LogP contribution in [0.1, 0.15) is 39.0 Å². The lowest BCUT2D eigenvalue weighted by atomic mass is 9.90. The summed E-state index contributed by atoms with van der Waals surface area (Å²) in [7, 11) is 1.47. The fraction of sp³-hybridized carbons (Fsp3) is 0.500. The number of ether oxygens (including phenoxy) is 1. The van der Waals surface area contributed by atoms with Crippen molar-refractivity contribution in [2.45, 2.75) is 32.7 Å². The SMILES string of the molecule is COc1ccc(CN2CCN(C(=O)c3cc4c(s3)CC[C@H](C)C4)CC2)cc1F. The molecular weight excluding hydrogens is 375 g/mol. The number of halogens is 1. The van der Waals surface area contributed by atoms with Crippen molar-refractivity contribution in [2.75, 3.05) is 33.3 Å². The summed E-state index contributed by atoms with van der Waals surface area (Å²) in [6.45, 7) is 6.03. The average Bonchev–Trinajstić information content (AvgIpc) is 3.11. The number of fused-ring (bicyclic) bond motifs is 1. The van der Waals surface area contributed by atoms with Gasteiger partial charge in [-0.05, 0) is 54.5 Å². The Morgan fingerprint density at radius 3 is 2.75 bits per heavy atom. The molecule has 1 saturated heterocycles. The lowest BCUT2D eigenvalue weighted by Gasteiger charge is -2.34. The van der Waals surface area contributed by atoms with Gasteiger partial charge in [-0.1, -0.05) is 13.0 Å². The normalized spacial score (nSPS) is 20.1. The molecule has 1 aliphatic carbocycles. The van der Waals surface area contributed by atoms with Gasteiger partial charge in [0.2, 0.25) is 0 Å². The average molecular weight is 403 g/mol. The number of benzene rings is 1. The number of piperazine rings is 1. The van der Waals surface area contributed by atoms with E-state index in [1.54, 1.807) is 17.4 Å². The number of carbonyl (C=O) groups excluding carboxylic acids is 1. The molecule has 0 spiro atoms. The van der Waals surface area contributed by atoms with Crippen LogP contribution >= 0.6 is 11.3 Å². The highest BCUT2D eigenvalue weighted by atomic mass is 32.1. The van der Waals surface area contributed by atoms with Gasteiger partial charge in [-0.2, -0.15) is 0 Å². The van der Waals surface area contributed by atoms with Crippen molar-refractivity contribution in [1.82, 2.24) is 9.80 Å². The summed E-state index contributed by atoms with van der Waals surface area (Å²) in [6.07, 6.45) is 3.44. The minimum Gasteiger partial charge on any atom is -0.494 e. The largest absolute Gasteiger partial charge is 0.494 e. The van der Waals surface area contributed by atoms with Crippen molar-refractivity contribution in [2.24, 2.45) is 5.92 Å². The van der Waals surface area contributed by atoms with E-state index in [-0.39, 0.29) is 17.5 Å². The molecule has 1 atom stereocenters. The molecule has 1 aliphatic heterocycles. The zero-order chi connectivity index (χ0) is 19.7. The Balaban J connectivity index is 1.34. The number of amides is 1. The van der Waals surface area contributed by atoms with Crippen LogP contribution in [0, 0.1) is 11.7 Å². The summed E-state index contributed by atoms with van der Waals surface area (Å²) in [4.78, 5) is 19.5.